The highest BCUT2D eigenvalue weighted by molar-refractivity contribution is 6.37. The first-order valence-corrected chi connectivity index (χ1v) is 4.64. The molecule has 0 rings (SSSR count). The van der Waals surface area contributed by atoms with Crippen LogP contribution in [0.3, 0.4) is 0 Å². The highest BCUT2D eigenvalue weighted by Crippen LogP contribution is 1.91. The minimum atomic E-state index is -0.311. The quantitative estimate of drug-likeness (QED) is 0.217. The molecule has 0 unspecified atom stereocenters. The van der Waals surface area contributed by atoms with E-state index in [-0.39, 0.29) is 11.6 Å². The predicted octanol–water partition coefficient (Wildman–Crippen LogP) is 0.0490. The molecule has 0 atom stereocenters. The first-order chi connectivity index (χ1) is 6.37. The van der Waals surface area contributed by atoms with Crippen LogP contribution in [0.25, 0.3) is 0 Å². The molecule has 82 valence electrons. The highest BCUT2D eigenvalue weighted by atomic mass is 16.4. The maximum Gasteiger partial charge on any atom is 0.268 e. The van der Waals surface area contributed by atoms with Crippen molar-refractivity contribution in [1.29, 1.82) is 0 Å². The van der Waals surface area contributed by atoms with Gasteiger partial charge in [0.2, 0.25) is 0 Å². The number of nitrogens with one attached hydrogen (secondary N) is 1. The summed E-state index contributed by atoms with van der Waals surface area (Å²) in [4.78, 5) is 11.1. The van der Waals surface area contributed by atoms with Gasteiger partial charge in [0.25, 0.3) is 5.91 Å². The molecule has 0 aromatic heterocycles. The van der Waals surface area contributed by atoms with E-state index in [2.05, 4.69) is 31.6 Å². The van der Waals surface area contributed by atoms with E-state index in [4.69, 9.17) is 5.21 Å². The van der Waals surface area contributed by atoms with E-state index in [0.29, 0.717) is 6.54 Å². The minimum absolute atomic E-state index is 0.0928. The molecule has 2 N–H and O–H groups in total. The van der Waals surface area contributed by atoms with Crippen molar-refractivity contribution in [2.45, 2.75) is 13.3 Å². The SMILES string of the molecule is CC(=NO)C(=O)NCCC[N+](C)(C)C. The van der Waals surface area contributed by atoms with Gasteiger partial charge in [0, 0.05) is 13.0 Å². The van der Waals surface area contributed by atoms with Gasteiger partial charge in [-0.25, -0.2) is 0 Å². The molecule has 1 amide bonds. The van der Waals surface area contributed by atoms with E-state index in [1.165, 1.54) is 6.92 Å². The van der Waals surface area contributed by atoms with Gasteiger partial charge in [-0.2, -0.15) is 0 Å². The summed E-state index contributed by atoms with van der Waals surface area (Å²) in [6.07, 6.45) is 0.911. The Labute approximate surface area is 85.0 Å². The molecule has 0 fully saturated rings. The second-order valence-corrected chi connectivity index (χ2v) is 4.31. The van der Waals surface area contributed by atoms with E-state index >= 15 is 0 Å². The molecule has 5 nitrogen and oxygen atoms in total. The van der Waals surface area contributed by atoms with Gasteiger partial charge in [0.15, 0.2) is 0 Å². The Bertz CT molecular complexity index is 219. The molecular weight excluding hydrogens is 182 g/mol. The van der Waals surface area contributed by atoms with Crippen LogP contribution in [0.5, 0.6) is 0 Å². The van der Waals surface area contributed by atoms with Crippen LogP contribution in [0.15, 0.2) is 5.16 Å². The summed E-state index contributed by atoms with van der Waals surface area (Å²) in [5.41, 5.74) is 0.0928. The number of carbonyl (C=O) groups excluding carboxylic acids is 1. The van der Waals surface area contributed by atoms with Crippen LogP contribution in [0, 0.1) is 0 Å². The third-order valence-electron chi connectivity index (χ3n) is 1.77. The lowest BCUT2D eigenvalue weighted by atomic mass is 10.3. The standard InChI is InChI=1S/C9H19N3O2/c1-8(11-14)9(13)10-6-5-7-12(2,3)4/h5-7H2,1-4H3,(H-,10,13,14)/p+1. The molecule has 0 aromatic carbocycles. The van der Waals surface area contributed by atoms with Crippen LogP contribution >= 0.6 is 0 Å². The number of amides is 1. The van der Waals surface area contributed by atoms with Crippen LogP contribution in [-0.4, -0.2) is 55.5 Å². The Morgan fingerprint density at radius 3 is 2.43 bits per heavy atom. The Hall–Kier alpha value is -1.10. The molecule has 0 aliphatic heterocycles. The monoisotopic (exact) mass is 202 g/mol. The fourth-order valence-corrected chi connectivity index (χ4v) is 0.929. The number of quaternary nitrogens is 1. The van der Waals surface area contributed by atoms with Crippen LogP contribution in [0.4, 0.5) is 0 Å². The lowest BCUT2D eigenvalue weighted by Gasteiger charge is -2.23. The van der Waals surface area contributed by atoms with Crippen molar-refractivity contribution in [3.8, 4) is 0 Å². The molecule has 0 radical (unpaired) electrons. The van der Waals surface area contributed by atoms with Crippen LogP contribution in [-0.2, 0) is 4.79 Å². The zero-order valence-electron chi connectivity index (χ0n) is 9.37. The van der Waals surface area contributed by atoms with Gasteiger partial charge in [0.1, 0.15) is 5.71 Å². The average molecular weight is 202 g/mol. The number of hydrogen-bond acceptors (Lipinski definition) is 3. The molecule has 0 aliphatic carbocycles. The topological polar surface area (TPSA) is 61.7 Å². The third kappa shape index (κ3) is 6.42. The smallest absolute Gasteiger partial charge is 0.268 e. The number of oxime groups is 1. The molecule has 0 saturated heterocycles. The summed E-state index contributed by atoms with van der Waals surface area (Å²) in [7, 11) is 6.30. The minimum Gasteiger partial charge on any atom is -0.410 e. The number of hydrogen-bond donors (Lipinski definition) is 2. The largest absolute Gasteiger partial charge is 0.410 e. The van der Waals surface area contributed by atoms with Crippen molar-refractivity contribution in [2.75, 3.05) is 34.2 Å². The molecule has 0 heterocycles. The van der Waals surface area contributed by atoms with Crippen molar-refractivity contribution in [1.82, 2.24) is 5.32 Å². The van der Waals surface area contributed by atoms with E-state index in [0.717, 1.165) is 17.4 Å². The van der Waals surface area contributed by atoms with Crippen molar-refractivity contribution in [3.05, 3.63) is 0 Å². The van der Waals surface area contributed by atoms with Gasteiger partial charge in [-0.15, -0.1) is 0 Å². The normalized spacial score (nSPS) is 12.7. The predicted molar refractivity (Wildman–Crippen MR) is 55.4 cm³/mol. The summed E-state index contributed by atoms with van der Waals surface area (Å²) < 4.78 is 0.878. The Morgan fingerprint density at radius 2 is 2.00 bits per heavy atom. The summed E-state index contributed by atoms with van der Waals surface area (Å²) >= 11 is 0. The summed E-state index contributed by atoms with van der Waals surface area (Å²) in [6.45, 7) is 3.08. The molecule has 14 heavy (non-hydrogen) atoms. The molecule has 5 heteroatoms. The van der Waals surface area contributed by atoms with Gasteiger partial charge >= 0.3 is 0 Å². The van der Waals surface area contributed by atoms with E-state index in [9.17, 15) is 4.79 Å². The highest BCUT2D eigenvalue weighted by Gasteiger charge is 2.08. The van der Waals surface area contributed by atoms with Crippen molar-refractivity contribution < 1.29 is 14.5 Å². The second-order valence-electron chi connectivity index (χ2n) is 4.31. The molecule has 0 aliphatic rings. The van der Waals surface area contributed by atoms with Crippen molar-refractivity contribution in [3.63, 3.8) is 0 Å². The molecule has 0 bridgehead atoms. The third-order valence-corrected chi connectivity index (χ3v) is 1.77. The second kappa shape index (κ2) is 5.59. The van der Waals surface area contributed by atoms with Gasteiger partial charge in [-0.1, -0.05) is 5.16 Å². The maximum atomic E-state index is 11.1. The average Bonchev–Trinajstić information content (AvgIpc) is 2.09. The van der Waals surface area contributed by atoms with Crippen molar-refractivity contribution in [2.24, 2.45) is 5.16 Å². The Kier molecular flexibility index (Phi) is 5.15. The Morgan fingerprint density at radius 1 is 1.43 bits per heavy atom. The fourth-order valence-electron chi connectivity index (χ4n) is 0.929. The van der Waals surface area contributed by atoms with Gasteiger partial charge in [-0.05, 0) is 6.92 Å². The number of nitrogens with zero attached hydrogens (tertiary/aromatic N) is 2. The molecule has 0 spiro atoms. The summed E-state index contributed by atoms with van der Waals surface area (Å²) in [5.74, 6) is -0.311. The van der Waals surface area contributed by atoms with Crippen LogP contribution in [0.2, 0.25) is 0 Å². The first kappa shape index (κ1) is 12.9. The van der Waals surface area contributed by atoms with Gasteiger partial charge < -0.3 is 15.0 Å². The zero-order valence-corrected chi connectivity index (χ0v) is 9.37. The zero-order chi connectivity index (χ0) is 11.2. The van der Waals surface area contributed by atoms with Gasteiger partial charge in [0.05, 0.1) is 27.7 Å². The Balaban J connectivity index is 3.61. The number of rotatable bonds is 5. The van der Waals surface area contributed by atoms with E-state index in [1.807, 2.05) is 0 Å². The van der Waals surface area contributed by atoms with E-state index < -0.39 is 0 Å². The fraction of sp³-hybridized carbons (Fsp3) is 0.778. The summed E-state index contributed by atoms with van der Waals surface area (Å²) in [5, 5.41) is 13.8. The van der Waals surface area contributed by atoms with Crippen molar-refractivity contribution >= 4 is 11.6 Å². The molecule has 0 aromatic rings. The number of carbonyl (C=O) groups is 1. The van der Waals surface area contributed by atoms with Crippen LogP contribution in [0.1, 0.15) is 13.3 Å². The lowest BCUT2D eigenvalue weighted by molar-refractivity contribution is -0.870. The molecular formula is C9H20N3O2+. The maximum absolute atomic E-state index is 11.1. The van der Waals surface area contributed by atoms with Crippen LogP contribution < -0.4 is 5.32 Å². The lowest BCUT2D eigenvalue weighted by Crippen LogP contribution is -2.38. The first-order valence-electron chi connectivity index (χ1n) is 4.64. The van der Waals surface area contributed by atoms with E-state index in [1.54, 1.807) is 0 Å². The molecule has 0 saturated carbocycles. The van der Waals surface area contributed by atoms with Gasteiger partial charge in [-0.3, -0.25) is 4.79 Å². The summed E-state index contributed by atoms with van der Waals surface area (Å²) in [6, 6.07) is 0.